The first-order chi connectivity index (χ1) is 2.39. The van der Waals surface area contributed by atoms with Crippen molar-refractivity contribution in [1.29, 1.82) is 0 Å². The predicted molar refractivity (Wildman–Crippen MR) is 21.1 cm³/mol. The van der Waals surface area contributed by atoms with E-state index in [0.29, 0.717) is 0 Å². The molecule has 0 aromatic heterocycles. The zero-order valence-electron chi connectivity index (χ0n) is 3.74. The van der Waals surface area contributed by atoms with Gasteiger partial charge in [0.15, 0.2) is 6.54 Å². The van der Waals surface area contributed by atoms with Gasteiger partial charge in [-0.1, -0.05) is 0 Å². The summed E-state index contributed by atoms with van der Waals surface area (Å²) in [5.74, 6) is 0.829. The first-order valence-electron chi connectivity index (χ1n) is 1.96. The normalized spacial score (nSPS) is 27.8. The van der Waals surface area contributed by atoms with Gasteiger partial charge in [0.05, 0.1) is 5.92 Å². The van der Waals surface area contributed by atoms with Crippen molar-refractivity contribution in [2.75, 3.05) is 6.54 Å². The lowest BCUT2D eigenvalue weighted by Crippen LogP contribution is -3.00. The average Bonchev–Trinajstić information content (AvgIpc) is 1.30. The summed E-state index contributed by atoms with van der Waals surface area (Å²) in [6.07, 6.45) is 2.10. The van der Waals surface area contributed by atoms with Crippen molar-refractivity contribution in [3.63, 3.8) is 0 Å². The Balaban J connectivity index is 0.000000250. The Hall–Kier alpha value is -0.0400. The highest BCUT2D eigenvalue weighted by Gasteiger charge is 2.09. The van der Waals surface area contributed by atoms with E-state index in [1.54, 1.807) is 0 Å². The summed E-state index contributed by atoms with van der Waals surface area (Å²) in [6.45, 7) is 3.37. The largest absolute Gasteiger partial charge is 1.00 e. The van der Waals surface area contributed by atoms with Gasteiger partial charge in [-0.05, 0) is 6.92 Å². The molecule has 1 unspecified atom stereocenters. The molecule has 0 radical (unpaired) electrons. The van der Waals surface area contributed by atoms with Crippen molar-refractivity contribution < 1.29 is 17.4 Å². The molecule has 1 aliphatic heterocycles. The van der Waals surface area contributed by atoms with E-state index in [4.69, 9.17) is 0 Å². The molecular weight excluding hydrogens is 97.5 g/mol. The summed E-state index contributed by atoms with van der Waals surface area (Å²) in [5.41, 5.74) is 0. The van der Waals surface area contributed by atoms with Crippen LogP contribution >= 0.6 is 0 Å². The molecule has 0 aromatic rings. The molecule has 0 aliphatic carbocycles. The third-order valence-corrected chi connectivity index (χ3v) is 0.842. The summed E-state index contributed by atoms with van der Waals surface area (Å²) in [7, 11) is 0. The van der Waals surface area contributed by atoms with Crippen LogP contribution in [0.1, 0.15) is 6.92 Å². The molecule has 1 aliphatic rings. The lowest BCUT2D eigenvalue weighted by molar-refractivity contribution is -0.490. The molecule has 2 heteroatoms. The Morgan fingerprint density at radius 2 is 2.17 bits per heavy atom. The van der Waals surface area contributed by atoms with Crippen LogP contribution in [0.4, 0.5) is 0 Å². The van der Waals surface area contributed by atoms with E-state index < -0.39 is 0 Å². The van der Waals surface area contributed by atoms with Gasteiger partial charge in [0.2, 0.25) is 0 Å². The van der Waals surface area contributed by atoms with Crippen LogP contribution in [-0.4, -0.2) is 12.8 Å². The number of halogens is 1. The zero-order chi connectivity index (χ0) is 3.70. The smallest absolute Gasteiger partial charge is 0.152 e. The second kappa shape index (κ2) is 2.19. The van der Waals surface area contributed by atoms with Crippen molar-refractivity contribution in [2.45, 2.75) is 6.92 Å². The summed E-state index contributed by atoms with van der Waals surface area (Å²) < 4.78 is 0. The minimum Gasteiger partial charge on any atom is -1.00 e. The van der Waals surface area contributed by atoms with E-state index in [2.05, 4.69) is 18.1 Å². The van der Waals surface area contributed by atoms with Crippen molar-refractivity contribution in [2.24, 2.45) is 5.92 Å². The Morgan fingerprint density at radius 1 is 1.83 bits per heavy atom. The Morgan fingerprint density at radius 3 is 2.17 bits per heavy atom. The first-order valence-corrected chi connectivity index (χ1v) is 1.96. The summed E-state index contributed by atoms with van der Waals surface area (Å²) >= 11 is 0. The van der Waals surface area contributed by atoms with Gasteiger partial charge in [-0.3, -0.25) is 4.99 Å². The molecule has 6 heavy (non-hydrogen) atoms. The van der Waals surface area contributed by atoms with E-state index >= 15 is 0 Å². The average molecular weight is 106 g/mol. The molecule has 0 saturated carbocycles. The number of nitrogens with one attached hydrogen (secondary N) is 1. The molecule has 1 rings (SSSR count). The molecule has 1 nitrogen and oxygen atoms in total. The van der Waals surface area contributed by atoms with Crippen LogP contribution in [-0.2, 0) is 0 Å². The minimum atomic E-state index is 0. The second-order valence-corrected chi connectivity index (χ2v) is 1.55. The zero-order valence-corrected chi connectivity index (χ0v) is 4.50. The monoisotopic (exact) mass is 105 g/mol. The van der Waals surface area contributed by atoms with Crippen LogP contribution < -0.4 is 17.4 Å². The number of rotatable bonds is 0. The highest BCUT2D eigenvalue weighted by molar-refractivity contribution is 5.56. The van der Waals surface area contributed by atoms with Gasteiger partial charge in [0.25, 0.3) is 0 Å². The third kappa shape index (κ3) is 0.977. The van der Waals surface area contributed by atoms with Crippen molar-refractivity contribution in [1.82, 2.24) is 0 Å². The van der Waals surface area contributed by atoms with Crippen LogP contribution in [0.15, 0.2) is 0 Å². The van der Waals surface area contributed by atoms with Crippen molar-refractivity contribution in [3.05, 3.63) is 0 Å². The van der Waals surface area contributed by atoms with Crippen LogP contribution in [0.25, 0.3) is 0 Å². The van der Waals surface area contributed by atoms with E-state index in [-0.39, 0.29) is 12.4 Å². The fourth-order valence-electron chi connectivity index (χ4n) is 0.354. The summed E-state index contributed by atoms with van der Waals surface area (Å²) in [5, 5.41) is 0. The van der Waals surface area contributed by atoms with Gasteiger partial charge in [-0.2, -0.15) is 0 Å². The minimum absolute atomic E-state index is 0. The Kier molecular flexibility index (Phi) is 2.18. The topological polar surface area (TPSA) is 14.0 Å². The molecule has 0 amide bonds. The quantitative estimate of drug-likeness (QED) is 0.321. The standard InChI is InChI=1S/C4H7N.ClH/c1-4-2-5-3-4;/h2,4H,3H2,1H3;1H. The molecule has 1 atom stereocenters. The molecule has 0 saturated heterocycles. The molecule has 0 bridgehead atoms. The molecule has 36 valence electrons. The van der Waals surface area contributed by atoms with E-state index in [1.165, 1.54) is 6.54 Å². The van der Waals surface area contributed by atoms with Crippen LogP contribution in [0.5, 0.6) is 0 Å². The maximum atomic E-state index is 3.04. The van der Waals surface area contributed by atoms with Gasteiger partial charge < -0.3 is 12.4 Å². The molecule has 1 heterocycles. The van der Waals surface area contributed by atoms with E-state index in [1.807, 2.05) is 0 Å². The fraction of sp³-hybridized carbons (Fsp3) is 0.750. The van der Waals surface area contributed by atoms with E-state index in [9.17, 15) is 0 Å². The summed E-state index contributed by atoms with van der Waals surface area (Å²) in [6, 6.07) is 0. The van der Waals surface area contributed by atoms with Crippen LogP contribution in [0.3, 0.4) is 0 Å². The molecule has 1 N–H and O–H groups in total. The van der Waals surface area contributed by atoms with Gasteiger partial charge in [-0.25, -0.2) is 0 Å². The van der Waals surface area contributed by atoms with Crippen molar-refractivity contribution >= 4 is 6.21 Å². The molecule has 0 aromatic carbocycles. The van der Waals surface area contributed by atoms with Crippen LogP contribution in [0, 0.1) is 5.92 Å². The van der Waals surface area contributed by atoms with Crippen molar-refractivity contribution in [3.8, 4) is 0 Å². The number of hydrogen-bond acceptors (Lipinski definition) is 0. The highest BCUT2D eigenvalue weighted by Crippen LogP contribution is 1.81. The Bertz CT molecular complexity index is 60.6. The first kappa shape index (κ1) is 5.96. The number of hydrogen-bond donors (Lipinski definition) is 1. The molecule has 0 fully saturated rings. The second-order valence-electron chi connectivity index (χ2n) is 1.55. The predicted octanol–water partition coefficient (Wildman–Crippen LogP) is -4.21. The molecule has 0 spiro atoms. The lowest BCUT2D eigenvalue weighted by Gasteiger charge is -1.98. The fourth-order valence-corrected chi connectivity index (χ4v) is 0.354. The highest BCUT2D eigenvalue weighted by atomic mass is 35.5. The van der Waals surface area contributed by atoms with E-state index in [0.717, 1.165) is 5.92 Å². The van der Waals surface area contributed by atoms with Gasteiger partial charge in [-0.15, -0.1) is 0 Å². The SMILES string of the molecule is CC1C=[NH+]C1.[Cl-]. The third-order valence-electron chi connectivity index (χ3n) is 0.842. The lowest BCUT2D eigenvalue weighted by atomic mass is 10.1. The maximum absolute atomic E-state index is 3.04. The molecular formula is C4H8ClN. The summed E-state index contributed by atoms with van der Waals surface area (Å²) in [4.78, 5) is 3.04. The van der Waals surface area contributed by atoms with Gasteiger partial charge in [0.1, 0.15) is 6.21 Å². The van der Waals surface area contributed by atoms with Crippen LogP contribution in [0.2, 0.25) is 0 Å². The van der Waals surface area contributed by atoms with Gasteiger partial charge in [0, 0.05) is 0 Å². The van der Waals surface area contributed by atoms with Gasteiger partial charge >= 0.3 is 0 Å². The maximum Gasteiger partial charge on any atom is 0.152 e. The Labute approximate surface area is 43.9 Å².